The number of benzene rings is 2. The summed E-state index contributed by atoms with van der Waals surface area (Å²) in [5.74, 6) is 0. The van der Waals surface area contributed by atoms with Crippen LogP contribution in [0.5, 0.6) is 0 Å². The normalized spacial score (nSPS) is 11.7. The van der Waals surface area contributed by atoms with Crippen molar-refractivity contribution in [2.24, 2.45) is 4.99 Å². The number of halogens is 1. The summed E-state index contributed by atoms with van der Waals surface area (Å²) in [6.45, 7) is -0.472. The Morgan fingerprint density at radius 1 is 1.00 bits per heavy atom. The minimum Gasteiger partial charge on any atom is -0.311 e. The van der Waals surface area contributed by atoms with Crippen LogP contribution in [-0.4, -0.2) is 24.6 Å². The van der Waals surface area contributed by atoms with Crippen molar-refractivity contribution in [3.63, 3.8) is 0 Å². The molecule has 0 radical (unpaired) electrons. The third-order valence-corrected chi connectivity index (χ3v) is 2.99. The number of aliphatic imine (C=N–C) groups is 1. The molecular weight excluding hydrogens is 251 g/mol. The maximum absolute atomic E-state index is 12.5. The third-order valence-electron chi connectivity index (χ3n) is 2.99. The Labute approximate surface area is 118 Å². The quantitative estimate of drug-likeness (QED) is 0.771. The average molecular weight is 268 g/mol. The Balaban J connectivity index is 2.44. The van der Waals surface area contributed by atoms with Crippen molar-refractivity contribution in [1.82, 2.24) is 0 Å². The molecule has 0 bridgehead atoms. The van der Waals surface area contributed by atoms with E-state index in [1.165, 1.54) is 6.21 Å². The van der Waals surface area contributed by atoms with Gasteiger partial charge in [-0.05, 0) is 0 Å². The van der Waals surface area contributed by atoms with Crippen LogP contribution in [0.3, 0.4) is 0 Å². The molecule has 0 fully saturated rings. The summed E-state index contributed by atoms with van der Waals surface area (Å²) >= 11 is 0. The van der Waals surface area contributed by atoms with Gasteiger partial charge in [0.2, 0.25) is 0 Å². The van der Waals surface area contributed by atoms with Crippen molar-refractivity contribution < 1.29 is 4.39 Å². The maximum Gasteiger partial charge on any atom is 0.0918 e. The minimum absolute atomic E-state index is 0.243. The lowest BCUT2D eigenvalue weighted by atomic mass is 10.0. The van der Waals surface area contributed by atoms with Crippen molar-refractivity contribution in [3.8, 4) is 0 Å². The predicted octanol–water partition coefficient (Wildman–Crippen LogP) is 3.90. The molecule has 20 heavy (non-hydrogen) atoms. The van der Waals surface area contributed by atoms with Gasteiger partial charge in [-0.25, -0.2) is 0 Å². The molecule has 2 nitrogen and oxygen atoms in total. The fourth-order valence-electron chi connectivity index (χ4n) is 1.97. The monoisotopic (exact) mass is 268 g/mol. The van der Waals surface area contributed by atoms with Gasteiger partial charge in [-0.15, -0.1) is 0 Å². The Bertz CT molecular complexity index is 523. The predicted molar refractivity (Wildman–Crippen MR) is 81.7 cm³/mol. The Kier molecular flexibility index (Phi) is 5.18. The molecule has 0 aliphatic carbocycles. The summed E-state index contributed by atoms with van der Waals surface area (Å²) in [5.41, 5.74) is 2.75. The van der Waals surface area contributed by atoms with Gasteiger partial charge in [0, 0.05) is 23.8 Å². The highest BCUT2D eigenvalue weighted by atomic mass is 19.1. The van der Waals surface area contributed by atoms with E-state index >= 15 is 0 Å². The van der Waals surface area contributed by atoms with Gasteiger partial charge < -0.3 is 5.41 Å². The highest BCUT2D eigenvalue weighted by Gasteiger charge is 2.10. The minimum atomic E-state index is -0.472. The SMILES string of the molecule is N=CC(CCF)N=C(c1ccccc1)c1ccccc1. The fraction of sp³-hybridized carbons (Fsp3) is 0.176. The number of hydrogen-bond donors (Lipinski definition) is 1. The molecule has 0 amide bonds. The van der Waals surface area contributed by atoms with Crippen LogP contribution in [0.25, 0.3) is 0 Å². The molecule has 2 rings (SSSR count). The zero-order chi connectivity index (χ0) is 14.2. The van der Waals surface area contributed by atoms with Gasteiger partial charge in [0.25, 0.3) is 0 Å². The Hall–Kier alpha value is -2.29. The van der Waals surface area contributed by atoms with E-state index in [-0.39, 0.29) is 6.42 Å². The van der Waals surface area contributed by atoms with Crippen LogP contribution in [0.1, 0.15) is 17.5 Å². The first-order valence-corrected chi connectivity index (χ1v) is 6.60. The first-order chi connectivity index (χ1) is 9.85. The van der Waals surface area contributed by atoms with Gasteiger partial charge in [-0.1, -0.05) is 60.7 Å². The smallest absolute Gasteiger partial charge is 0.0918 e. The van der Waals surface area contributed by atoms with Crippen LogP contribution in [0, 0.1) is 5.41 Å². The van der Waals surface area contributed by atoms with Crippen LogP contribution in [0.4, 0.5) is 4.39 Å². The summed E-state index contributed by atoms with van der Waals surface area (Å²) in [5, 5.41) is 7.38. The molecule has 0 aliphatic rings. The van der Waals surface area contributed by atoms with Gasteiger partial charge in [-0.2, -0.15) is 0 Å². The molecule has 1 unspecified atom stereocenters. The molecule has 1 N–H and O–H groups in total. The van der Waals surface area contributed by atoms with E-state index in [2.05, 4.69) is 4.99 Å². The standard InChI is InChI=1S/C17H17FN2/c18-12-11-16(13-19)20-17(14-7-3-1-4-8-14)15-9-5-2-6-10-15/h1-10,13,16,19H,11-12H2. The summed E-state index contributed by atoms with van der Waals surface area (Å²) in [4.78, 5) is 4.56. The summed E-state index contributed by atoms with van der Waals surface area (Å²) in [6.07, 6.45) is 1.44. The van der Waals surface area contributed by atoms with Crippen molar-refractivity contribution in [2.45, 2.75) is 12.5 Å². The second-order valence-electron chi connectivity index (χ2n) is 4.42. The van der Waals surface area contributed by atoms with E-state index in [0.29, 0.717) is 0 Å². The van der Waals surface area contributed by atoms with Crippen molar-refractivity contribution >= 4 is 11.9 Å². The first-order valence-electron chi connectivity index (χ1n) is 6.60. The number of hydrogen-bond acceptors (Lipinski definition) is 2. The fourth-order valence-corrected chi connectivity index (χ4v) is 1.97. The lowest BCUT2D eigenvalue weighted by molar-refractivity contribution is 0.465. The second kappa shape index (κ2) is 7.34. The molecular formula is C17H17FN2. The number of nitrogens with one attached hydrogen (secondary N) is 1. The summed E-state index contributed by atoms with van der Waals surface area (Å²) < 4.78 is 12.5. The van der Waals surface area contributed by atoms with Crippen molar-refractivity contribution in [3.05, 3.63) is 71.8 Å². The molecule has 0 aromatic heterocycles. The van der Waals surface area contributed by atoms with Crippen molar-refractivity contribution in [2.75, 3.05) is 6.67 Å². The number of rotatable bonds is 6. The van der Waals surface area contributed by atoms with Crippen LogP contribution in [0.2, 0.25) is 0 Å². The molecule has 0 saturated heterocycles. The van der Waals surface area contributed by atoms with Crippen molar-refractivity contribution in [1.29, 1.82) is 5.41 Å². The van der Waals surface area contributed by atoms with E-state index in [9.17, 15) is 4.39 Å². The largest absolute Gasteiger partial charge is 0.311 e. The summed E-state index contributed by atoms with van der Waals surface area (Å²) in [7, 11) is 0. The number of nitrogens with zero attached hydrogens (tertiary/aromatic N) is 1. The van der Waals surface area contributed by atoms with Gasteiger partial charge >= 0.3 is 0 Å². The van der Waals surface area contributed by atoms with E-state index < -0.39 is 12.7 Å². The molecule has 0 spiro atoms. The maximum atomic E-state index is 12.5. The Morgan fingerprint density at radius 2 is 1.50 bits per heavy atom. The van der Waals surface area contributed by atoms with E-state index in [1.54, 1.807) is 0 Å². The second-order valence-corrected chi connectivity index (χ2v) is 4.42. The lowest BCUT2D eigenvalue weighted by Gasteiger charge is -2.11. The molecule has 0 heterocycles. The van der Waals surface area contributed by atoms with E-state index in [0.717, 1.165) is 16.8 Å². The highest BCUT2D eigenvalue weighted by Crippen LogP contribution is 2.13. The van der Waals surface area contributed by atoms with E-state index in [1.807, 2.05) is 60.7 Å². The molecule has 0 saturated carbocycles. The molecule has 0 aliphatic heterocycles. The molecule has 3 heteroatoms. The number of alkyl halides is 1. The van der Waals surface area contributed by atoms with Gasteiger partial charge in [0.05, 0.1) is 18.4 Å². The van der Waals surface area contributed by atoms with Gasteiger partial charge in [0.1, 0.15) is 0 Å². The zero-order valence-electron chi connectivity index (χ0n) is 11.2. The average Bonchev–Trinajstić information content (AvgIpc) is 2.53. The molecule has 102 valence electrons. The summed E-state index contributed by atoms with van der Waals surface area (Å²) in [6, 6.07) is 19.2. The van der Waals surface area contributed by atoms with Crippen LogP contribution >= 0.6 is 0 Å². The topological polar surface area (TPSA) is 36.2 Å². The molecule has 1 atom stereocenters. The van der Waals surface area contributed by atoms with Crippen LogP contribution in [-0.2, 0) is 0 Å². The zero-order valence-corrected chi connectivity index (χ0v) is 11.2. The Morgan fingerprint density at radius 3 is 1.90 bits per heavy atom. The third kappa shape index (κ3) is 3.60. The van der Waals surface area contributed by atoms with E-state index in [4.69, 9.17) is 5.41 Å². The molecule has 2 aromatic rings. The van der Waals surface area contributed by atoms with Gasteiger partial charge in [0.15, 0.2) is 0 Å². The van der Waals surface area contributed by atoms with Crippen LogP contribution < -0.4 is 0 Å². The lowest BCUT2D eigenvalue weighted by Crippen LogP contribution is -2.13. The molecule has 2 aromatic carbocycles. The first kappa shape index (κ1) is 14.1. The highest BCUT2D eigenvalue weighted by molar-refractivity contribution is 6.13. The van der Waals surface area contributed by atoms with Crippen LogP contribution in [0.15, 0.2) is 65.7 Å². The van der Waals surface area contributed by atoms with Gasteiger partial charge in [-0.3, -0.25) is 9.38 Å².